The van der Waals surface area contributed by atoms with Gasteiger partial charge in [-0.2, -0.15) is 0 Å². The number of thiocarbonyl (C=S) groups is 1. The zero-order chi connectivity index (χ0) is 16.7. The van der Waals surface area contributed by atoms with Gasteiger partial charge in [0.05, 0.1) is 11.0 Å². The van der Waals surface area contributed by atoms with Crippen molar-refractivity contribution in [2.45, 2.75) is 19.9 Å². The van der Waals surface area contributed by atoms with Crippen molar-refractivity contribution in [1.29, 1.82) is 0 Å². The van der Waals surface area contributed by atoms with Crippen LogP contribution in [0.25, 0.3) is 11.0 Å². The minimum Gasteiger partial charge on any atom is -0.454 e. The maximum absolute atomic E-state index is 5.75. The monoisotopic (exact) mass is 339 g/mol. The van der Waals surface area contributed by atoms with Crippen LogP contribution in [-0.4, -0.2) is 21.3 Å². The molecule has 0 fully saturated rings. The van der Waals surface area contributed by atoms with Crippen LogP contribution in [0.4, 0.5) is 0 Å². The van der Waals surface area contributed by atoms with E-state index in [1.54, 1.807) is 0 Å². The summed E-state index contributed by atoms with van der Waals surface area (Å²) in [4.78, 5) is 5.15. The lowest BCUT2D eigenvalue weighted by Gasteiger charge is -2.10. The maximum Gasteiger partial charge on any atom is 0.231 e. The molecule has 0 atom stereocenters. The topological polar surface area (TPSA) is 62.3 Å². The van der Waals surface area contributed by atoms with Gasteiger partial charge in [-0.1, -0.05) is 37.3 Å². The molecule has 1 aliphatic heterocycles. The predicted octanol–water partition coefficient (Wildman–Crippen LogP) is 3.01. The van der Waals surface area contributed by atoms with Crippen molar-refractivity contribution in [1.82, 2.24) is 9.55 Å². The van der Waals surface area contributed by atoms with E-state index < -0.39 is 0 Å². The van der Waals surface area contributed by atoms with Crippen molar-refractivity contribution < 1.29 is 9.47 Å². The van der Waals surface area contributed by atoms with Crippen molar-refractivity contribution in [2.24, 2.45) is 5.73 Å². The Labute approximate surface area is 145 Å². The van der Waals surface area contributed by atoms with E-state index >= 15 is 0 Å². The second-order valence-electron chi connectivity index (χ2n) is 5.73. The molecule has 2 N–H and O–H groups in total. The average Bonchev–Trinajstić information content (AvgIpc) is 3.17. The van der Waals surface area contributed by atoms with Crippen LogP contribution in [0.3, 0.4) is 0 Å². The van der Waals surface area contributed by atoms with Crippen molar-refractivity contribution in [3.8, 4) is 11.5 Å². The van der Waals surface area contributed by atoms with E-state index in [4.69, 9.17) is 32.4 Å². The first-order chi connectivity index (χ1) is 11.7. The Balaban J connectivity index is 1.80. The molecule has 0 radical (unpaired) electrons. The van der Waals surface area contributed by atoms with Crippen LogP contribution < -0.4 is 15.2 Å². The van der Waals surface area contributed by atoms with Crippen LogP contribution in [0.1, 0.15) is 23.9 Å². The Morgan fingerprint density at radius 1 is 1.25 bits per heavy atom. The van der Waals surface area contributed by atoms with Crippen molar-refractivity contribution >= 4 is 28.2 Å². The number of rotatable bonds is 4. The second kappa shape index (κ2) is 5.79. The summed E-state index contributed by atoms with van der Waals surface area (Å²) < 4.78 is 13.2. The summed E-state index contributed by atoms with van der Waals surface area (Å²) in [6.45, 7) is 3.07. The third-order valence-corrected chi connectivity index (χ3v) is 4.43. The van der Waals surface area contributed by atoms with Gasteiger partial charge in [0.1, 0.15) is 10.8 Å². The van der Waals surface area contributed by atoms with Crippen LogP contribution in [0.2, 0.25) is 0 Å². The summed E-state index contributed by atoms with van der Waals surface area (Å²) in [7, 11) is 0. The van der Waals surface area contributed by atoms with E-state index in [0.717, 1.165) is 45.9 Å². The molecule has 0 saturated heterocycles. The molecule has 0 spiro atoms. The highest BCUT2D eigenvalue weighted by Gasteiger charge is 2.18. The lowest BCUT2D eigenvalue weighted by Crippen LogP contribution is -2.10. The predicted molar refractivity (Wildman–Crippen MR) is 96.7 cm³/mol. The lowest BCUT2D eigenvalue weighted by atomic mass is 10.1. The fourth-order valence-corrected chi connectivity index (χ4v) is 3.14. The first kappa shape index (κ1) is 15.0. The van der Waals surface area contributed by atoms with Gasteiger partial charge in [0.2, 0.25) is 6.79 Å². The third-order valence-electron chi connectivity index (χ3n) is 4.19. The average molecular weight is 339 g/mol. The van der Waals surface area contributed by atoms with Crippen LogP contribution in [0.15, 0.2) is 36.4 Å². The van der Waals surface area contributed by atoms with Crippen LogP contribution >= 0.6 is 12.2 Å². The van der Waals surface area contributed by atoms with Gasteiger partial charge in [0.15, 0.2) is 11.5 Å². The Morgan fingerprint density at radius 2 is 2.04 bits per heavy atom. The normalized spacial score (nSPS) is 12.7. The highest BCUT2D eigenvalue weighted by molar-refractivity contribution is 7.80. The lowest BCUT2D eigenvalue weighted by molar-refractivity contribution is 0.174. The number of ether oxygens (including phenoxy) is 2. The number of hydrogen-bond donors (Lipinski definition) is 1. The number of nitrogens with zero attached hydrogens (tertiary/aromatic N) is 2. The Bertz CT molecular complexity index is 949. The smallest absolute Gasteiger partial charge is 0.231 e. The van der Waals surface area contributed by atoms with Crippen LogP contribution in [0, 0.1) is 0 Å². The summed E-state index contributed by atoms with van der Waals surface area (Å²) >= 11 is 5.08. The van der Waals surface area contributed by atoms with Crippen molar-refractivity contribution in [3.05, 3.63) is 53.3 Å². The highest BCUT2D eigenvalue weighted by Crippen LogP contribution is 2.36. The van der Waals surface area contributed by atoms with Gasteiger partial charge in [0, 0.05) is 30.7 Å². The quantitative estimate of drug-likeness (QED) is 0.740. The van der Waals surface area contributed by atoms with E-state index in [0.29, 0.717) is 11.5 Å². The van der Waals surface area contributed by atoms with Gasteiger partial charge in [-0.05, 0) is 11.6 Å². The zero-order valence-electron chi connectivity index (χ0n) is 13.3. The van der Waals surface area contributed by atoms with Crippen LogP contribution in [-0.2, 0) is 13.0 Å². The standard InChI is InChI=1S/C18H17N3O2S/c1-2-17-20-13-7-15-16(23-10-22-15)8-14(13)21(17)9-11-4-3-5-12(6-11)18(19)24/h3-8H,2,9-10H2,1H3,(H2,19,24). The number of aryl methyl sites for hydroxylation is 1. The molecule has 2 aromatic carbocycles. The van der Waals surface area contributed by atoms with E-state index in [-0.39, 0.29) is 6.79 Å². The second-order valence-corrected chi connectivity index (χ2v) is 6.17. The first-order valence-electron chi connectivity index (χ1n) is 7.83. The molecule has 4 rings (SSSR count). The van der Waals surface area contributed by atoms with Gasteiger partial charge in [0.25, 0.3) is 0 Å². The number of imidazole rings is 1. The number of benzene rings is 2. The summed E-state index contributed by atoms with van der Waals surface area (Å²) in [5, 5.41) is 0. The van der Waals surface area contributed by atoms with Crippen LogP contribution in [0.5, 0.6) is 11.5 Å². The summed E-state index contributed by atoms with van der Waals surface area (Å²) in [6, 6.07) is 11.9. The third kappa shape index (κ3) is 2.49. The molecular formula is C18H17N3O2S. The molecule has 3 aromatic rings. The fraction of sp³-hybridized carbons (Fsp3) is 0.222. The molecule has 5 nitrogen and oxygen atoms in total. The highest BCUT2D eigenvalue weighted by atomic mass is 32.1. The molecule has 0 amide bonds. The molecule has 24 heavy (non-hydrogen) atoms. The molecule has 1 aliphatic rings. The van der Waals surface area contributed by atoms with Gasteiger partial charge < -0.3 is 19.8 Å². The van der Waals surface area contributed by atoms with E-state index in [1.807, 2.05) is 30.3 Å². The first-order valence-corrected chi connectivity index (χ1v) is 8.24. The zero-order valence-corrected chi connectivity index (χ0v) is 14.1. The number of aromatic nitrogens is 2. The summed E-state index contributed by atoms with van der Waals surface area (Å²) in [5.41, 5.74) is 9.71. The van der Waals surface area contributed by atoms with Gasteiger partial charge in [-0.3, -0.25) is 0 Å². The molecule has 0 saturated carbocycles. The van der Waals surface area contributed by atoms with E-state index in [9.17, 15) is 0 Å². The number of nitrogens with two attached hydrogens (primary N) is 1. The Kier molecular flexibility index (Phi) is 3.61. The number of fused-ring (bicyclic) bond motifs is 2. The largest absolute Gasteiger partial charge is 0.454 e. The molecule has 6 heteroatoms. The Morgan fingerprint density at radius 3 is 2.79 bits per heavy atom. The molecule has 1 aromatic heterocycles. The number of hydrogen-bond acceptors (Lipinski definition) is 4. The van der Waals surface area contributed by atoms with Crippen molar-refractivity contribution in [2.75, 3.05) is 6.79 Å². The summed E-state index contributed by atoms with van der Waals surface area (Å²) in [5.74, 6) is 2.54. The Hall–Kier alpha value is -2.60. The molecular weight excluding hydrogens is 322 g/mol. The van der Waals surface area contributed by atoms with Gasteiger partial charge in [-0.25, -0.2) is 4.98 Å². The summed E-state index contributed by atoms with van der Waals surface area (Å²) in [6.07, 6.45) is 0.843. The molecule has 0 aliphatic carbocycles. The van der Waals surface area contributed by atoms with E-state index in [2.05, 4.69) is 17.6 Å². The molecule has 0 unspecified atom stereocenters. The fourth-order valence-electron chi connectivity index (χ4n) is 3.02. The maximum atomic E-state index is 5.75. The van der Waals surface area contributed by atoms with Gasteiger partial charge >= 0.3 is 0 Å². The van der Waals surface area contributed by atoms with E-state index in [1.165, 1.54) is 0 Å². The SMILES string of the molecule is CCc1nc2cc3c(cc2n1Cc1cccc(C(N)=S)c1)OCO3. The van der Waals surface area contributed by atoms with Crippen molar-refractivity contribution in [3.63, 3.8) is 0 Å². The van der Waals surface area contributed by atoms with Gasteiger partial charge in [-0.15, -0.1) is 0 Å². The molecule has 0 bridgehead atoms. The minimum absolute atomic E-state index is 0.262. The minimum atomic E-state index is 0.262. The molecule has 122 valence electrons. The molecule has 2 heterocycles.